The van der Waals surface area contributed by atoms with E-state index in [1.54, 1.807) is 0 Å². The van der Waals surface area contributed by atoms with E-state index in [1.165, 1.54) is 30.4 Å². The molecule has 0 fully saturated rings. The summed E-state index contributed by atoms with van der Waals surface area (Å²) in [7, 11) is 0. The van der Waals surface area contributed by atoms with Gasteiger partial charge in [0.1, 0.15) is 13.2 Å². The van der Waals surface area contributed by atoms with Crippen molar-refractivity contribution >= 4 is 0 Å². The molecular formula is C17H25NO2. The first kappa shape index (κ1) is 13.7. The molecule has 2 unspecified atom stereocenters. The van der Waals surface area contributed by atoms with Crippen LogP contribution >= 0.6 is 0 Å². The van der Waals surface area contributed by atoms with Gasteiger partial charge in [-0.3, -0.25) is 0 Å². The third-order valence-electron chi connectivity index (χ3n) is 4.36. The normalized spacial score (nSPS) is 24.9. The van der Waals surface area contributed by atoms with E-state index in [0.29, 0.717) is 19.3 Å². The van der Waals surface area contributed by atoms with Crippen molar-refractivity contribution in [3.05, 3.63) is 23.3 Å². The first-order chi connectivity index (χ1) is 9.78. The Balaban J connectivity index is 1.94. The van der Waals surface area contributed by atoms with Gasteiger partial charge in [0.2, 0.25) is 0 Å². The first-order valence-electron chi connectivity index (χ1n) is 7.93. The van der Waals surface area contributed by atoms with Crippen LogP contribution < -0.4 is 14.8 Å². The van der Waals surface area contributed by atoms with Crippen molar-refractivity contribution < 1.29 is 9.47 Å². The molecule has 20 heavy (non-hydrogen) atoms. The third kappa shape index (κ3) is 2.78. The minimum absolute atomic E-state index is 0.457. The monoisotopic (exact) mass is 275 g/mol. The van der Waals surface area contributed by atoms with Crippen molar-refractivity contribution in [3.63, 3.8) is 0 Å². The molecule has 3 heteroatoms. The lowest BCUT2D eigenvalue weighted by Gasteiger charge is -2.24. The molecule has 0 aromatic heterocycles. The summed E-state index contributed by atoms with van der Waals surface area (Å²) in [4.78, 5) is 0. The summed E-state index contributed by atoms with van der Waals surface area (Å²) in [6, 6.07) is 4.88. The lowest BCUT2D eigenvalue weighted by molar-refractivity contribution is 0.171. The zero-order chi connectivity index (χ0) is 13.9. The van der Waals surface area contributed by atoms with Crippen LogP contribution in [-0.2, 0) is 6.42 Å². The fourth-order valence-electron chi connectivity index (χ4n) is 3.25. The standard InChI is InChI=1S/C17H25NO2/c1-3-6-18-15-9-12(2)4-5-13-10-16-17(11-14(13)15)20-8-7-19-16/h10-12,15,18H,3-9H2,1-2H3. The molecule has 1 N–H and O–H groups in total. The summed E-state index contributed by atoms with van der Waals surface area (Å²) in [6.07, 6.45) is 4.80. The van der Waals surface area contributed by atoms with Gasteiger partial charge in [-0.1, -0.05) is 13.8 Å². The lowest BCUT2D eigenvalue weighted by Crippen LogP contribution is -2.24. The van der Waals surface area contributed by atoms with Gasteiger partial charge in [-0.05, 0) is 61.4 Å². The Morgan fingerprint density at radius 3 is 2.70 bits per heavy atom. The first-order valence-corrected chi connectivity index (χ1v) is 7.93. The number of hydrogen-bond donors (Lipinski definition) is 1. The third-order valence-corrected chi connectivity index (χ3v) is 4.36. The van der Waals surface area contributed by atoms with E-state index in [1.807, 2.05) is 0 Å². The average molecular weight is 275 g/mol. The fraction of sp³-hybridized carbons (Fsp3) is 0.647. The highest BCUT2D eigenvalue weighted by molar-refractivity contribution is 5.49. The van der Waals surface area contributed by atoms with Gasteiger partial charge in [0.05, 0.1) is 0 Å². The van der Waals surface area contributed by atoms with E-state index in [-0.39, 0.29) is 0 Å². The number of ether oxygens (including phenoxy) is 2. The largest absolute Gasteiger partial charge is 0.486 e. The van der Waals surface area contributed by atoms with Crippen molar-refractivity contribution in [2.24, 2.45) is 5.92 Å². The summed E-state index contributed by atoms with van der Waals surface area (Å²) in [5, 5.41) is 3.71. The molecule has 1 aliphatic heterocycles. The van der Waals surface area contributed by atoms with Crippen molar-refractivity contribution in [1.29, 1.82) is 0 Å². The maximum Gasteiger partial charge on any atom is 0.161 e. The summed E-state index contributed by atoms with van der Waals surface area (Å²) >= 11 is 0. The van der Waals surface area contributed by atoms with E-state index < -0.39 is 0 Å². The van der Waals surface area contributed by atoms with Crippen LogP contribution in [0.15, 0.2) is 12.1 Å². The number of nitrogens with one attached hydrogen (secondary N) is 1. The minimum atomic E-state index is 0.457. The number of aryl methyl sites for hydroxylation is 1. The van der Waals surface area contributed by atoms with Gasteiger partial charge in [0.15, 0.2) is 11.5 Å². The molecule has 0 saturated heterocycles. The Kier molecular flexibility index (Phi) is 4.16. The molecule has 1 aliphatic carbocycles. The lowest BCUT2D eigenvalue weighted by atomic mass is 9.96. The van der Waals surface area contributed by atoms with Gasteiger partial charge in [-0.15, -0.1) is 0 Å². The van der Waals surface area contributed by atoms with Crippen LogP contribution in [0.4, 0.5) is 0 Å². The summed E-state index contributed by atoms with van der Waals surface area (Å²) in [5.74, 6) is 2.61. The Morgan fingerprint density at radius 2 is 1.95 bits per heavy atom. The van der Waals surface area contributed by atoms with E-state index in [4.69, 9.17) is 9.47 Å². The summed E-state index contributed by atoms with van der Waals surface area (Å²) < 4.78 is 11.5. The van der Waals surface area contributed by atoms with Crippen LogP contribution in [-0.4, -0.2) is 19.8 Å². The molecule has 110 valence electrons. The summed E-state index contributed by atoms with van der Waals surface area (Å²) in [5.41, 5.74) is 2.86. The Hall–Kier alpha value is -1.22. The van der Waals surface area contributed by atoms with Gasteiger partial charge in [0.25, 0.3) is 0 Å². The molecule has 0 radical (unpaired) electrons. The number of hydrogen-bond acceptors (Lipinski definition) is 3. The van der Waals surface area contributed by atoms with Gasteiger partial charge >= 0.3 is 0 Å². The SMILES string of the molecule is CCCNC1CC(C)CCc2cc3c(cc21)OCCO3. The molecule has 1 aromatic rings. The van der Waals surface area contributed by atoms with Gasteiger partial charge in [-0.2, -0.15) is 0 Å². The highest BCUT2D eigenvalue weighted by atomic mass is 16.6. The van der Waals surface area contributed by atoms with Crippen LogP contribution in [0.25, 0.3) is 0 Å². The average Bonchev–Trinajstić information content (AvgIpc) is 2.62. The Bertz CT molecular complexity index is 472. The Morgan fingerprint density at radius 1 is 1.20 bits per heavy atom. The highest BCUT2D eigenvalue weighted by Crippen LogP contribution is 2.39. The van der Waals surface area contributed by atoms with E-state index in [2.05, 4.69) is 31.3 Å². The molecule has 0 amide bonds. The van der Waals surface area contributed by atoms with Crippen molar-refractivity contribution in [1.82, 2.24) is 5.32 Å². The number of benzene rings is 1. The molecular weight excluding hydrogens is 250 g/mol. The molecule has 2 aliphatic rings. The zero-order valence-corrected chi connectivity index (χ0v) is 12.6. The van der Waals surface area contributed by atoms with Gasteiger partial charge in [-0.25, -0.2) is 0 Å². The quantitative estimate of drug-likeness (QED) is 0.857. The van der Waals surface area contributed by atoms with Crippen LogP contribution in [0.2, 0.25) is 0 Å². The maximum atomic E-state index is 5.76. The zero-order valence-electron chi connectivity index (χ0n) is 12.6. The van der Waals surface area contributed by atoms with Crippen molar-refractivity contribution in [2.75, 3.05) is 19.8 Å². The van der Waals surface area contributed by atoms with Crippen molar-refractivity contribution in [3.8, 4) is 11.5 Å². The minimum Gasteiger partial charge on any atom is -0.486 e. The molecule has 3 rings (SSSR count). The summed E-state index contributed by atoms with van der Waals surface area (Å²) in [6.45, 7) is 6.98. The second kappa shape index (κ2) is 6.04. The van der Waals surface area contributed by atoms with Crippen LogP contribution in [0.5, 0.6) is 11.5 Å². The smallest absolute Gasteiger partial charge is 0.161 e. The molecule has 0 spiro atoms. The van der Waals surface area contributed by atoms with E-state index in [0.717, 1.165) is 30.4 Å². The van der Waals surface area contributed by atoms with Crippen LogP contribution in [0, 0.1) is 5.92 Å². The van der Waals surface area contributed by atoms with Crippen LogP contribution in [0.3, 0.4) is 0 Å². The van der Waals surface area contributed by atoms with E-state index in [9.17, 15) is 0 Å². The van der Waals surface area contributed by atoms with Crippen molar-refractivity contribution in [2.45, 2.75) is 45.6 Å². The topological polar surface area (TPSA) is 30.5 Å². The number of fused-ring (bicyclic) bond motifs is 2. The molecule has 2 atom stereocenters. The predicted molar refractivity (Wildman–Crippen MR) is 80.6 cm³/mol. The maximum absolute atomic E-state index is 5.76. The van der Waals surface area contributed by atoms with Gasteiger partial charge < -0.3 is 14.8 Å². The second-order valence-corrected chi connectivity index (χ2v) is 6.08. The predicted octanol–water partition coefficient (Wildman–Crippen LogP) is 3.47. The van der Waals surface area contributed by atoms with Crippen LogP contribution in [0.1, 0.15) is 50.3 Å². The highest BCUT2D eigenvalue weighted by Gasteiger charge is 2.25. The number of rotatable bonds is 3. The Labute approximate surface area is 121 Å². The molecule has 3 nitrogen and oxygen atoms in total. The molecule has 0 saturated carbocycles. The molecule has 1 aromatic carbocycles. The molecule has 1 heterocycles. The van der Waals surface area contributed by atoms with Gasteiger partial charge in [0, 0.05) is 6.04 Å². The van der Waals surface area contributed by atoms with E-state index >= 15 is 0 Å². The fourth-order valence-corrected chi connectivity index (χ4v) is 3.25. The second-order valence-electron chi connectivity index (χ2n) is 6.08. The molecule has 0 bridgehead atoms.